The molecule has 1 heterocycles. The third kappa shape index (κ3) is 3.75. The van der Waals surface area contributed by atoms with Crippen LogP contribution in [0.2, 0.25) is 0 Å². The van der Waals surface area contributed by atoms with E-state index in [1.807, 2.05) is 7.05 Å². The molecule has 2 rings (SSSR count). The maximum absolute atomic E-state index is 12.6. The number of nitrogens with zero attached hydrogens (tertiary/aromatic N) is 3. The molecular formula is C13H20ClN3O4S. The molecule has 0 aliphatic carbocycles. The zero-order chi connectivity index (χ0) is 15.6. The molecule has 1 aliphatic heterocycles. The van der Waals surface area contributed by atoms with Crippen molar-refractivity contribution in [1.82, 2.24) is 9.21 Å². The molecule has 7 nitrogen and oxygen atoms in total. The number of hydrogen-bond donors (Lipinski definition) is 0. The molecule has 1 aliphatic rings. The summed E-state index contributed by atoms with van der Waals surface area (Å²) in [6.45, 7) is 1.64. The predicted molar refractivity (Wildman–Crippen MR) is 85.8 cm³/mol. The van der Waals surface area contributed by atoms with Crippen molar-refractivity contribution in [2.24, 2.45) is 0 Å². The van der Waals surface area contributed by atoms with Gasteiger partial charge in [-0.1, -0.05) is 12.1 Å². The van der Waals surface area contributed by atoms with E-state index in [4.69, 9.17) is 0 Å². The van der Waals surface area contributed by atoms with Crippen LogP contribution in [-0.4, -0.2) is 55.8 Å². The Hall–Kier alpha value is -1.22. The monoisotopic (exact) mass is 349 g/mol. The molecule has 9 heteroatoms. The fourth-order valence-electron chi connectivity index (χ4n) is 2.54. The van der Waals surface area contributed by atoms with Crippen molar-refractivity contribution < 1.29 is 13.3 Å². The predicted octanol–water partition coefficient (Wildman–Crippen LogP) is 1.73. The van der Waals surface area contributed by atoms with Crippen LogP contribution in [0.25, 0.3) is 0 Å². The zero-order valence-corrected chi connectivity index (χ0v) is 14.1. The minimum absolute atomic E-state index is 0. The van der Waals surface area contributed by atoms with Gasteiger partial charge in [0.15, 0.2) is 4.90 Å². The number of rotatable bonds is 4. The number of nitro benzene ring substituents is 1. The molecular weight excluding hydrogens is 330 g/mol. The van der Waals surface area contributed by atoms with Crippen molar-refractivity contribution in [3.63, 3.8) is 0 Å². The molecule has 0 saturated carbocycles. The van der Waals surface area contributed by atoms with E-state index in [1.165, 1.54) is 35.6 Å². The Kier molecular flexibility index (Phi) is 6.30. The van der Waals surface area contributed by atoms with E-state index in [-0.39, 0.29) is 29.0 Å². The highest BCUT2D eigenvalue weighted by molar-refractivity contribution is 7.89. The van der Waals surface area contributed by atoms with Crippen LogP contribution >= 0.6 is 12.4 Å². The summed E-state index contributed by atoms with van der Waals surface area (Å²) in [5.74, 6) is 0. The average Bonchev–Trinajstić information content (AvgIpc) is 2.47. The first-order valence-corrected chi connectivity index (χ1v) is 8.18. The van der Waals surface area contributed by atoms with Crippen molar-refractivity contribution in [2.45, 2.75) is 23.8 Å². The third-order valence-corrected chi connectivity index (χ3v) is 5.88. The summed E-state index contributed by atoms with van der Waals surface area (Å²) in [7, 11) is -0.364. The fraction of sp³-hybridized carbons (Fsp3) is 0.538. The molecule has 124 valence electrons. The van der Waals surface area contributed by atoms with Gasteiger partial charge < -0.3 is 4.90 Å². The summed E-state index contributed by atoms with van der Waals surface area (Å²) in [5, 5.41) is 11.0. The van der Waals surface area contributed by atoms with Gasteiger partial charge in [0.25, 0.3) is 5.69 Å². The minimum Gasteiger partial charge on any atom is -0.306 e. The van der Waals surface area contributed by atoms with Gasteiger partial charge in [0.2, 0.25) is 10.0 Å². The quantitative estimate of drug-likeness (QED) is 0.610. The molecule has 1 fully saturated rings. The number of sulfonamides is 1. The normalized spacial score (nSPS) is 17.2. The second kappa shape index (κ2) is 7.36. The first-order chi connectivity index (χ1) is 9.84. The molecule has 1 saturated heterocycles. The Morgan fingerprint density at radius 3 is 2.36 bits per heavy atom. The summed E-state index contributed by atoms with van der Waals surface area (Å²) in [6.07, 6.45) is 1.46. The molecule has 0 spiro atoms. The fourth-order valence-corrected chi connectivity index (χ4v) is 4.11. The largest absolute Gasteiger partial charge is 0.306 e. The number of likely N-dealkylation sites (tertiary alicyclic amines) is 1. The van der Waals surface area contributed by atoms with E-state index in [9.17, 15) is 18.5 Å². The van der Waals surface area contributed by atoms with Crippen LogP contribution in [0.5, 0.6) is 0 Å². The van der Waals surface area contributed by atoms with Crippen LogP contribution in [0.1, 0.15) is 12.8 Å². The third-order valence-electron chi connectivity index (χ3n) is 3.92. The molecule has 0 radical (unpaired) electrons. The molecule has 0 amide bonds. The first kappa shape index (κ1) is 18.8. The van der Waals surface area contributed by atoms with E-state index >= 15 is 0 Å². The van der Waals surface area contributed by atoms with Crippen LogP contribution in [0.15, 0.2) is 29.2 Å². The number of piperidine rings is 1. The van der Waals surface area contributed by atoms with Gasteiger partial charge >= 0.3 is 0 Å². The van der Waals surface area contributed by atoms with E-state index in [0.29, 0.717) is 0 Å². The molecule has 1 aromatic carbocycles. The number of para-hydroxylation sites is 1. The van der Waals surface area contributed by atoms with E-state index in [1.54, 1.807) is 0 Å². The van der Waals surface area contributed by atoms with Crippen LogP contribution in [0.4, 0.5) is 5.69 Å². The van der Waals surface area contributed by atoms with Crippen molar-refractivity contribution in [3.8, 4) is 0 Å². The van der Waals surface area contributed by atoms with Gasteiger partial charge in [-0.25, -0.2) is 8.42 Å². The standard InChI is InChI=1S/C13H19N3O4S.ClH/c1-14-9-7-11(8-10-14)15(2)21(19,20)13-6-4-3-5-12(13)16(17)18;/h3-6,11H,7-10H2,1-2H3;1H. The Balaban J connectivity index is 0.00000242. The second-order valence-electron chi connectivity index (χ2n) is 5.28. The Bertz CT molecular complexity index is 630. The van der Waals surface area contributed by atoms with E-state index in [2.05, 4.69) is 4.90 Å². The summed E-state index contributed by atoms with van der Waals surface area (Å²) in [4.78, 5) is 12.3. The Morgan fingerprint density at radius 2 is 1.82 bits per heavy atom. The molecule has 0 bridgehead atoms. The summed E-state index contributed by atoms with van der Waals surface area (Å²) in [5.41, 5.74) is -0.378. The molecule has 0 N–H and O–H groups in total. The molecule has 22 heavy (non-hydrogen) atoms. The molecule has 0 atom stereocenters. The summed E-state index contributed by atoms with van der Waals surface area (Å²) < 4.78 is 26.6. The average molecular weight is 350 g/mol. The van der Waals surface area contributed by atoms with Crippen molar-refractivity contribution in [2.75, 3.05) is 27.2 Å². The Labute approximate surface area is 136 Å². The van der Waals surface area contributed by atoms with Gasteiger partial charge in [-0.3, -0.25) is 10.1 Å². The second-order valence-corrected chi connectivity index (χ2v) is 7.25. The van der Waals surface area contributed by atoms with Crippen LogP contribution in [-0.2, 0) is 10.0 Å². The summed E-state index contributed by atoms with van der Waals surface area (Å²) >= 11 is 0. The lowest BCUT2D eigenvalue weighted by Gasteiger charge is -2.34. The van der Waals surface area contributed by atoms with Gasteiger partial charge in [0.05, 0.1) is 4.92 Å². The van der Waals surface area contributed by atoms with Crippen LogP contribution in [0, 0.1) is 10.1 Å². The van der Waals surface area contributed by atoms with E-state index in [0.717, 1.165) is 25.9 Å². The maximum Gasteiger partial charge on any atom is 0.289 e. The SMILES string of the molecule is CN1CCC(N(C)S(=O)(=O)c2ccccc2[N+](=O)[O-])CC1.Cl. The highest BCUT2D eigenvalue weighted by Crippen LogP contribution is 2.28. The van der Waals surface area contributed by atoms with Gasteiger partial charge in [-0.05, 0) is 39.0 Å². The van der Waals surface area contributed by atoms with Crippen molar-refractivity contribution in [3.05, 3.63) is 34.4 Å². The van der Waals surface area contributed by atoms with E-state index < -0.39 is 14.9 Å². The lowest BCUT2D eigenvalue weighted by atomic mass is 10.1. The van der Waals surface area contributed by atoms with Crippen molar-refractivity contribution in [1.29, 1.82) is 0 Å². The van der Waals surface area contributed by atoms with Gasteiger partial charge in [0.1, 0.15) is 0 Å². The number of benzene rings is 1. The topological polar surface area (TPSA) is 83.8 Å². The lowest BCUT2D eigenvalue weighted by Crippen LogP contribution is -2.44. The number of hydrogen-bond acceptors (Lipinski definition) is 5. The number of halogens is 1. The lowest BCUT2D eigenvalue weighted by molar-refractivity contribution is -0.387. The number of nitro groups is 1. The van der Waals surface area contributed by atoms with Crippen molar-refractivity contribution >= 4 is 28.1 Å². The maximum atomic E-state index is 12.6. The summed E-state index contributed by atoms with van der Waals surface area (Å²) in [6, 6.07) is 5.36. The highest BCUT2D eigenvalue weighted by atomic mass is 35.5. The highest BCUT2D eigenvalue weighted by Gasteiger charge is 2.34. The smallest absolute Gasteiger partial charge is 0.289 e. The molecule has 1 aromatic rings. The molecule has 0 unspecified atom stereocenters. The first-order valence-electron chi connectivity index (χ1n) is 6.74. The molecule has 0 aromatic heterocycles. The zero-order valence-electron chi connectivity index (χ0n) is 12.5. The van der Waals surface area contributed by atoms with Gasteiger partial charge in [-0.2, -0.15) is 4.31 Å². The van der Waals surface area contributed by atoms with Gasteiger partial charge in [-0.15, -0.1) is 12.4 Å². The Morgan fingerprint density at radius 1 is 1.27 bits per heavy atom. The van der Waals surface area contributed by atoms with Gasteiger partial charge in [0, 0.05) is 19.2 Å². The van der Waals surface area contributed by atoms with Crippen LogP contribution in [0.3, 0.4) is 0 Å². The van der Waals surface area contributed by atoms with Crippen LogP contribution < -0.4 is 0 Å². The minimum atomic E-state index is -3.86.